The molecule has 3 nitrogen and oxygen atoms in total. The van der Waals surface area contributed by atoms with Crippen LogP contribution in [0.4, 0.5) is 13.2 Å². The maximum Gasteiger partial charge on any atom is 0.416 e. The van der Waals surface area contributed by atoms with E-state index in [4.69, 9.17) is 5.11 Å². The summed E-state index contributed by atoms with van der Waals surface area (Å²) in [7, 11) is 0. The predicted molar refractivity (Wildman–Crippen MR) is 51.6 cm³/mol. The summed E-state index contributed by atoms with van der Waals surface area (Å²) in [5, 5.41) is 10.7. The number of amides is 1. The molecule has 1 rings (SSSR count). The topological polar surface area (TPSA) is 49.3 Å². The summed E-state index contributed by atoms with van der Waals surface area (Å²) < 4.78 is 35.7. The quantitative estimate of drug-likeness (QED) is 0.726. The van der Waals surface area contributed by atoms with Gasteiger partial charge >= 0.3 is 6.18 Å². The molecule has 0 aromatic heterocycles. The zero-order chi connectivity index (χ0) is 12.2. The lowest BCUT2D eigenvalue weighted by molar-refractivity contribution is -0.201. The number of aliphatic hydroxyl groups excluding tert-OH is 1. The van der Waals surface area contributed by atoms with E-state index in [-0.39, 0.29) is 12.3 Å². The van der Waals surface area contributed by atoms with Gasteiger partial charge in [-0.05, 0) is 18.8 Å². The lowest BCUT2D eigenvalue weighted by Gasteiger charge is -2.15. The van der Waals surface area contributed by atoms with E-state index in [1.807, 2.05) is 12.2 Å². The van der Waals surface area contributed by atoms with Crippen LogP contribution >= 0.6 is 0 Å². The van der Waals surface area contributed by atoms with Gasteiger partial charge in [-0.3, -0.25) is 4.79 Å². The Morgan fingerprint density at radius 2 is 2.25 bits per heavy atom. The van der Waals surface area contributed by atoms with Gasteiger partial charge in [0.1, 0.15) is 0 Å². The fraction of sp³-hybridized carbons (Fsp3) is 0.700. The Balaban J connectivity index is 2.22. The molecule has 1 aliphatic carbocycles. The molecule has 0 saturated carbocycles. The monoisotopic (exact) mass is 237 g/mol. The van der Waals surface area contributed by atoms with Crippen LogP contribution in [0.3, 0.4) is 0 Å². The first-order valence-corrected chi connectivity index (χ1v) is 5.07. The predicted octanol–water partition coefficient (Wildman–Crippen LogP) is 1.38. The number of allylic oxidation sites excluding steroid dienone is 2. The fourth-order valence-electron chi connectivity index (χ4n) is 1.50. The Kier molecular flexibility index (Phi) is 4.35. The third-order valence-corrected chi connectivity index (χ3v) is 2.43. The highest BCUT2D eigenvalue weighted by molar-refractivity contribution is 5.76. The fourth-order valence-corrected chi connectivity index (χ4v) is 1.50. The lowest BCUT2D eigenvalue weighted by atomic mass is 10.1. The highest BCUT2D eigenvalue weighted by Crippen LogP contribution is 2.21. The molecule has 6 heteroatoms. The minimum Gasteiger partial charge on any atom is -0.382 e. The average molecular weight is 237 g/mol. The van der Waals surface area contributed by atoms with Crippen LogP contribution in [-0.4, -0.2) is 29.8 Å². The Morgan fingerprint density at radius 3 is 2.75 bits per heavy atom. The normalized spacial score (nSPS) is 22.1. The highest BCUT2D eigenvalue weighted by Gasteiger charge is 2.38. The number of hydrogen-bond acceptors (Lipinski definition) is 2. The number of alkyl halides is 3. The minimum atomic E-state index is -4.68. The molecule has 1 amide bonds. The van der Waals surface area contributed by atoms with Crippen molar-refractivity contribution in [1.29, 1.82) is 0 Å². The third kappa shape index (κ3) is 4.22. The van der Waals surface area contributed by atoms with Crippen molar-refractivity contribution < 1.29 is 23.1 Å². The van der Waals surface area contributed by atoms with Crippen LogP contribution in [0.1, 0.15) is 19.3 Å². The van der Waals surface area contributed by atoms with E-state index in [2.05, 4.69) is 5.32 Å². The van der Waals surface area contributed by atoms with Crippen molar-refractivity contribution in [3.8, 4) is 0 Å². The largest absolute Gasteiger partial charge is 0.416 e. The molecule has 0 aromatic carbocycles. The van der Waals surface area contributed by atoms with Crippen molar-refractivity contribution in [3.05, 3.63) is 12.2 Å². The number of halogens is 3. The first-order valence-electron chi connectivity index (χ1n) is 5.07. The zero-order valence-corrected chi connectivity index (χ0v) is 8.63. The highest BCUT2D eigenvalue weighted by atomic mass is 19.4. The summed E-state index contributed by atoms with van der Waals surface area (Å²) in [4.78, 5) is 11.2. The van der Waals surface area contributed by atoms with E-state index >= 15 is 0 Å². The van der Waals surface area contributed by atoms with Gasteiger partial charge in [-0.2, -0.15) is 13.2 Å². The Morgan fingerprint density at radius 1 is 1.56 bits per heavy atom. The van der Waals surface area contributed by atoms with E-state index in [9.17, 15) is 18.0 Å². The Bertz CT molecular complexity index is 276. The van der Waals surface area contributed by atoms with Crippen LogP contribution in [0.15, 0.2) is 12.2 Å². The summed E-state index contributed by atoms with van der Waals surface area (Å²) >= 11 is 0. The molecule has 0 aromatic rings. The maximum absolute atomic E-state index is 11.9. The number of carbonyl (C=O) groups excluding carboxylic acids is 1. The average Bonchev–Trinajstić information content (AvgIpc) is 2.65. The van der Waals surface area contributed by atoms with E-state index in [0.29, 0.717) is 0 Å². The van der Waals surface area contributed by atoms with Gasteiger partial charge in [0.15, 0.2) is 6.10 Å². The second-order valence-electron chi connectivity index (χ2n) is 3.83. The molecule has 0 saturated heterocycles. The second kappa shape index (κ2) is 5.34. The standard InChI is InChI=1S/C10H14F3NO2/c11-10(12,13)8(15)6-14-9(16)5-7-3-1-2-4-7/h1,3,7-8,15H,2,4-6H2,(H,14,16). The summed E-state index contributed by atoms with van der Waals surface area (Å²) in [6, 6.07) is 0. The van der Waals surface area contributed by atoms with Gasteiger partial charge in [-0.1, -0.05) is 12.2 Å². The van der Waals surface area contributed by atoms with Crippen LogP contribution in [0.2, 0.25) is 0 Å². The van der Waals surface area contributed by atoms with Gasteiger partial charge < -0.3 is 10.4 Å². The number of nitrogens with one attached hydrogen (secondary N) is 1. The van der Waals surface area contributed by atoms with Crippen LogP contribution in [0.5, 0.6) is 0 Å². The smallest absolute Gasteiger partial charge is 0.382 e. The molecular weight excluding hydrogens is 223 g/mol. The zero-order valence-electron chi connectivity index (χ0n) is 8.63. The number of hydrogen-bond donors (Lipinski definition) is 2. The van der Waals surface area contributed by atoms with Crippen molar-refractivity contribution in [2.24, 2.45) is 5.92 Å². The van der Waals surface area contributed by atoms with Crippen LogP contribution in [0.25, 0.3) is 0 Å². The molecule has 0 fully saturated rings. The molecule has 2 N–H and O–H groups in total. The molecule has 0 aliphatic heterocycles. The summed E-state index contributed by atoms with van der Waals surface area (Å²) in [5.74, 6) is -0.345. The molecule has 0 bridgehead atoms. The first kappa shape index (κ1) is 13.0. The molecule has 0 heterocycles. The molecule has 92 valence electrons. The van der Waals surface area contributed by atoms with Gasteiger partial charge in [0.05, 0.1) is 6.54 Å². The molecule has 0 radical (unpaired) electrons. The number of rotatable bonds is 4. The number of carbonyl (C=O) groups is 1. The van der Waals surface area contributed by atoms with Crippen LogP contribution in [-0.2, 0) is 4.79 Å². The van der Waals surface area contributed by atoms with E-state index < -0.39 is 24.7 Å². The Hall–Kier alpha value is -1.04. The van der Waals surface area contributed by atoms with Gasteiger partial charge in [0.2, 0.25) is 5.91 Å². The molecular formula is C10H14F3NO2. The third-order valence-electron chi connectivity index (χ3n) is 2.43. The van der Waals surface area contributed by atoms with E-state index in [1.165, 1.54) is 0 Å². The van der Waals surface area contributed by atoms with E-state index in [0.717, 1.165) is 12.8 Å². The van der Waals surface area contributed by atoms with Crippen molar-refractivity contribution in [2.45, 2.75) is 31.5 Å². The second-order valence-corrected chi connectivity index (χ2v) is 3.83. The molecule has 2 unspecified atom stereocenters. The lowest BCUT2D eigenvalue weighted by Crippen LogP contribution is -2.41. The van der Waals surface area contributed by atoms with Crippen molar-refractivity contribution in [1.82, 2.24) is 5.32 Å². The Labute approximate surface area is 91.3 Å². The SMILES string of the molecule is O=C(CC1C=CCC1)NCC(O)C(F)(F)F. The van der Waals surface area contributed by atoms with Gasteiger partial charge in [0.25, 0.3) is 0 Å². The van der Waals surface area contributed by atoms with Crippen LogP contribution < -0.4 is 5.32 Å². The van der Waals surface area contributed by atoms with Crippen molar-refractivity contribution >= 4 is 5.91 Å². The van der Waals surface area contributed by atoms with Gasteiger partial charge in [-0.25, -0.2) is 0 Å². The van der Waals surface area contributed by atoms with Crippen molar-refractivity contribution in [3.63, 3.8) is 0 Å². The van der Waals surface area contributed by atoms with Crippen molar-refractivity contribution in [2.75, 3.05) is 6.54 Å². The molecule has 16 heavy (non-hydrogen) atoms. The van der Waals surface area contributed by atoms with Crippen LogP contribution in [0, 0.1) is 5.92 Å². The molecule has 1 aliphatic rings. The van der Waals surface area contributed by atoms with Gasteiger partial charge in [0, 0.05) is 6.42 Å². The maximum atomic E-state index is 11.9. The number of aliphatic hydroxyl groups is 1. The molecule has 2 atom stereocenters. The summed E-state index contributed by atoms with van der Waals surface area (Å²) in [6.45, 7) is -0.779. The summed E-state index contributed by atoms with van der Waals surface area (Å²) in [6.07, 6.45) is -1.39. The first-order chi connectivity index (χ1) is 7.39. The summed E-state index contributed by atoms with van der Waals surface area (Å²) in [5.41, 5.74) is 0. The van der Waals surface area contributed by atoms with E-state index in [1.54, 1.807) is 0 Å². The molecule has 0 spiro atoms. The van der Waals surface area contributed by atoms with Gasteiger partial charge in [-0.15, -0.1) is 0 Å². The minimum absolute atomic E-state index is 0.114.